The van der Waals surface area contributed by atoms with Crippen LogP contribution in [0, 0.1) is 20.8 Å². The summed E-state index contributed by atoms with van der Waals surface area (Å²) in [5, 5.41) is 3.19. The number of ether oxygens (including phenoxy) is 1. The summed E-state index contributed by atoms with van der Waals surface area (Å²) >= 11 is 0. The zero-order chi connectivity index (χ0) is 14.4. The van der Waals surface area contributed by atoms with Gasteiger partial charge in [0.2, 0.25) is 0 Å². The molecule has 0 aromatic heterocycles. The van der Waals surface area contributed by atoms with Gasteiger partial charge in [-0.25, -0.2) is 0 Å². The molecule has 0 saturated carbocycles. The Morgan fingerprint density at radius 1 is 1.16 bits per heavy atom. The summed E-state index contributed by atoms with van der Waals surface area (Å²) in [4.78, 5) is 2.35. The summed E-state index contributed by atoms with van der Waals surface area (Å²) in [6, 6.07) is 2.24. The van der Waals surface area contributed by atoms with E-state index < -0.39 is 0 Å². The van der Waals surface area contributed by atoms with Crippen molar-refractivity contribution in [3.05, 3.63) is 22.8 Å². The summed E-state index contributed by atoms with van der Waals surface area (Å²) in [6.45, 7) is 8.61. The quantitative estimate of drug-likeness (QED) is 0.766. The largest absolute Gasteiger partial charge is 0.496 e. The molecule has 1 aromatic carbocycles. The van der Waals surface area contributed by atoms with Crippen LogP contribution in [0.3, 0.4) is 0 Å². The number of anilines is 1. The van der Waals surface area contributed by atoms with Gasteiger partial charge in [0.1, 0.15) is 5.75 Å². The summed E-state index contributed by atoms with van der Waals surface area (Å²) in [5.41, 5.74) is 5.10. The van der Waals surface area contributed by atoms with Crippen molar-refractivity contribution in [2.24, 2.45) is 0 Å². The van der Waals surface area contributed by atoms with Crippen LogP contribution in [0.2, 0.25) is 0 Å². The Kier molecular flexibility index (Phi) is 6.16. The number of nitrogens with one attached hydrogen (secondary N) is 1. The van der Waals surface area contributed by atoms with Crippen molar-refractivity contribution < 1.29 is 4.74 Å². The lowest BCUT2D eigenvalue weighted by atomic mass is 10.0. The molecule has 3 heteroatoms. The monoisotopic (exact) mass is 264 g/mol. The van der Waals surface area contributed by atoms with Gasteiger partial charge in [0, 0.05) is 19.3 Å². The van der Waals surface area contributed by atoms with Crippen LogP contribution in [0.1, 0.15) is 29.5 Å². The maximum absolute atomic E-state index is 5.48. The average Bonchev–Trinajstić information content (AvgIpc) is 2.39. The lowest BCUT2D eigenvalue weighted by Gasteiger charge is -2.24. The Hall–Kier alpha value is -1.22. The molecule has 19 heavy (non-hydrogen) atoms. The highest BCUT2D eigenvalue weighted by atomic mass is 16.5. The first-order valence-corrected chi connectivity index (χ1v) is 7.03. The van der Waals surface area contributed by atoms with Crippen LogP contribution in [-0.4, -0.2) is 34.3 Å². The number of benzene rings is 1. The molecular formula is C16H28N2O. The highest BCUT2D eigenvalue weighted by molar-refractivity contribution is 5.62. The SMILES string of the molecule is CNCCCCN(C)c1cc(C)c(OC)c(C)c1C. The van der Waals surface area contributed by atoms with Crippen molar-refractivity contribution in [1.82, 2.24) is 5.32 Å². The molecule has 0 spiro atoms. The number of nitrogens with zero attached hydrogens (tertiary/aromatic N) is 1. The maximum Gasteiger partial charge on any atom is 0.125 e. The van der Waals surface area contributed by atoms with Gasteiger partial charge in [-0.3, -0.25) is 0 Å². The van der Waals surface area contributed by atoms with Gasteiger partial charge in [0.05, 0.1) is 7.11 Å². The average molecular weight is 264 g/mol. The molecule has 1 aromatic rings. The number of aryl methyl sites for hydroxylation is 1. The highest BCUT2D eigenvalue weighted by Gasteiger charge is 2.13. The van der Waals surface area contributed by atoms with Crippen molar-refractivity contribution in [2.45, 2.75) is 33.6 Å². The van der Waals surface area contributed by atoms with Gasteiger partial charge < -0.3 is 15.0 Å². The van der Waals surface area contributed by atoms with Gasteiger partial charge in [-0.05, 0) is 70.0 Å². The molecule has 0 radical (unpaired) electrons. The van der Waals surface area contributed by atoms with E-state index >= 15 is 0 Å². The molecule has 0 aliphatic carbocycles. The van der Waals surface area contributed by atoms with Crippen LogP contribution in [-0.2, 0) is 0 Å². The Bertz CT molecular complexity index is 416. The van der Waals surface area contributed by atoms with E-state index in [-0.39, 0.29) is 0 Å². The number of unbranched alkanes of at least 4 members (excludes halogenated alkanes) is 1. The van der Waals surface area contributed by atoms with Crippen molar-refractivity contribution in [3.8, 4) is 5.75 Å². The van der Waals surface area contributed by atoms with Gasteiger partial charge in [0.15, 0.2) is 0 Å². The molecule has 0 amide bonds. The third kappa shape index (κ3) is 3.87. The van der Waals surface area contributed by atoms with Gasteiger partial charge in [-0.1, -0.05) is 0 Å². The first-order valence-electron chi connectivity index (χ1n) is 7.03. The van der Waals surface area contributed by atoms with Crippen molar-refractivity contribution in [1.29, 1.82) is 0 Å². The van der Waals surface area contributed by atoms with Crippen LogP contribution in [0.15, 0.2) is 6.07 Å². The molecular weight excluding hydrogens is 236 g/mol. The second kappa shape index (κ2) is 7.39. The van der Waals surface area contributed by atoms with Crippen molar-refractivity contribution in [3.63, 3.8) is 0 Å². The number of rotatable bonds is 7. The van der Waals surface area contributed by atoms with E-state index in [9.17, 15) is 0 Å². The lowest BCUT2D eigenvalue weighted by molar-refractivity contribution is 0.408. The molecule has 0 fully saturated rings. The summed E-state index contributed by atoms with van der Waals surface area (Å²) in [6.07, 6.45) is 2.43. The molecule has 3 nitrogen and oxygen atoms in total. The Balaban J connectivity index is 2.83. The van der Waals surface area contributed by atoms with Crippen LogP contribution in [0.4, 0.5) is 5.69 Å². The van der Waals surface area contributed by atoms with Crippen LogP contribution < -0.4 is 15.0 Å². The fraction of sp³-hybridized carbons (Fsp3) is 0.625. The van der Waals surface area contributed by atoms with Crippen molar-refractivity contribution >= 4 is 5.69 Å². The predicted molar refractivity (Wildman–Crippen MR) is 83.6 cm³/mol. The summed E-state index contributed by atoms with van der Waals surface area (Å²) in [7, 11) is 5.92. The molecule has 0 aliphatic heterocycles. The number of hydrogen-bond acceptors (Lipinski definition) is 3. The third-order valence-electron chi connectivity index (χ3n) is 3.78. The number of hydrogen-bond donors (Lipinski definition) is 1. The predicted octanol–water partition coefficient (Wildman–Crippen LogP) is 3.06. The topological polar surface area (TPSA) is 24.5 Å². The van der Waals surface area contributed by atoms with E-state index in [1.807, 2.05) is 7.05 Å². The minimum Gasteiger partial charge on any atom is -0.496 e. The van der Waals surface area contributed by atoms with Crippen LogP contribution >= 0.6 is 0 Å². The number of methoxy groups -OCH3 is 1. The highest BCUT2D eigenvalue weighted by Crippen LogP contribution is 2.33. The summed E-state index contributed by atoms with van der Waals surface area (Å²) < 4.78 is 5.48. The fourth-order valence-corrected chi connectivity index (χ4v) is 2.52. The summed E-state index contributed by atoms with van der Waals surface area (Å²) in [5.74, 6) is 1.02. The van der Waals surface area contributed by atoms with Gasteiger partial charge in [-0.15, -0.1) is 0 Å². The molecule has 0 atom stereocenters. The molecule has 0 unspecified atom stereocenters. The van der Waals surface area contributed by atoms with Crippen LogP contribution in [0.5, 0.6) is 5.75 Å². The van der Waals surface area contributed by atoms with E-state index in [2.05, 4.69) is 44.1 Å². The molecule has 0 saturated heterocycles. The molecule has 0 heterocycles. The third-order valence-corrected chi connectivity index (χ3v) is 3.78. The van der Waals surface area contributed by atoms with Gasteiger partial charge in [0.25, 0.3) is 0 Å². The Morgan fingerprint density at radius 2 is 1.84 bits per heavy atom. The van der Waals surface area contributed by atoms with Gasteiger partial charge in [-0.2, -0.15) is 0 Å². The zero-order valence-corrected chi connectivity index (χ0v) is 13.3. The fourth-order valence-electron chi connectivity index (χ4n) is 2.52. The first kappa shape index (κ1) is 15.8. The minimum absolute atomic E-state index is 1.02. The second-order valence-electron chi connectivity index (χ2n) is 5.23. The zero-order valence-electron chi connectivity index (χ0n) is 13.3. The Morgan fingerprint density at radius 3 is 2.42 bits per heavy atom. The van der Waals surface area contributed by atoms with E-state index in [0.29, 0.717) is 0 Å². The molecule has 108 valence electrons. The normalized spacial score (nSPS) is 10.6. The van der Waals surface area contributed by atoms with Gasteiger partial charge >= 0.3 is 0 Å². The first-order chi connectivity index (χ1) is 9.02. The minimum atomic E-state index is 1.02. The van der Waals surface area contributed by atoms with E-state index in [1.54, 1.807) is 7.11 Å². The lowest BCUT2D eigenvalue weighted by Crippen LogP contribution is -2.21. The second-order valence-corrected chi connectivity index (χ2v) is 5.23. The molecule has 0 bridgehead atoms. The molecule has 1 rings (SSSR count). The maximum atomic E-state index is 5.48. The van der Waals surface area contributed by atoms with E-state index in [4.69, 9.17) is 4.74 Å². The van der Waals surface area contributed by atoms with Crippen molar-refractivity contribution in [2.75, 3.05) is 39.2 Å². The standard InChI is InChI=1S/C16H28N2O/c1-12-11-15(13(2)14(3)16(12)19-6)18(5)10-8-7-9-17-4/h11,17H,7-10H2,1-6H3. The van der Waals surface area contributed by atoms with E-state index in [1.165, 1.54) is 35.2 Å². The smallest absolute Gasteiger partial charge is 0.125 e. The Labute approximate surface area is 118 Å². The molecule has 0 aliphatic rings. The van der Waals surface area contributed by atoms with E-state index in [0.717, 1.165) is 18.8 Å². The van der Waals surface area contributed by atoms with Crippen LogP contribution in [0.25, 0.3) is 0 Å². The molecule has 1 N–H and O–H groups in total.